The molecule has 3 aromatic rings. The zero-order valence-corrected chi connectivity index (χ0v) is 11.3. The summed E-state index contributed by atoms with van der Waals surface area (Å²) in [6.07, 6.45) is 1.71. The number of carbonyl (C=O) groups is 1. The number of nitrogens with zero attached hydrogens (tertiary/aromatic N) is 1. The molecule has 2 heterocycles. The Morgan fingerprint density at radius 1 is 1.05 bits per heavy atom. The molecule has 0 atom stereocenters. The number of aromatic carboxylic acids is 1. The third kappa shape index (κ3) is 2.33. The average molecular weight is 281 g/mol. The van der Waals surface area contributed by atoms with Gasteiger partial charge in [0.2, 0.25) is 0 Å². The Balaban J connectivity index is 2.20. The Hall–Kier alpha value is -2.46. The van der Waals surface area contributed by atoms with Crippen molar-refractivity contribution in [2.45, 2.75) is 0 Å². The summed E-state index contributed by atoms with van der Waals surface area (Å²) < 4.78 is 0. The fraction of sp³-hybridized carbons (Fsp3) is 0. The SMILES string of the molecule is O=C(O)c1cc(-c2ccccn2)c(-c2ccccc2)s1. The van der Waals surface area contributed by atoms with Gasteiger partial charge >= 0.3 is 5.97 Å². The van der Waals surface area contributed by atoms with Gasteiger partial charge in [0, 0.05) is 16.6 Å². The first-order valence-corrected chi connectivity index (χ1v) is 6.91. The van der Waals surface area contributed by atoms with E-state index in [0.717, 1.165) is 21.7 Å². The summed E-state index contributed by atoms with van der Waals surface area (Å²) in [4.78, 5) is 16.8. The minimum Gasteiger partial charge on any atom is -0.477 e. The maximum atomic E-state index is 11.2. The highest BCUT2D eigenvalue weighted by Crippen LogP contribution is 2.38. The van der Waals surface area contributed by atoms with Crippen LogP contribution in [0.15, 0.2) is 60.8 Å². The molecule has 1 aromatic carbocycles. The summed E-state index contributed by atoms with van der Waals surface area (Å²) in [5.74, 6) is -0.908. The van der Waals surface area contributed by atoms with Crippen LogP contribution in [-0.2, 0) is 0 Å². The normalized spacial score (nSPS) is 10.4. The lowest BCUT2D eigenvalue weighted by molar-refractivity contribution is 0.0702. The molecule has 0 unspecified atom stereocenters. The zero-order valence-electron chi connectivity index (χ0n) is 10.5. The predicted octanol–water partition coefficient (Wildman–Crippen LogP) is 4.18. The Morgan fingerprint density at radius 3 is 2.45 bits per heavy atom. The van der Waals surface area contributed by atoms with Crippen molar-refractivity contribution in [2.24, 2.45) is 0 Å². The molecule has 0 bridgehead atoms. The third-order valence-corrected chi connectivity index (χ3v) is 4.09. The largest absolute Gasteiger partial charge is 0.477 e. The molecule has 4 heteroatoms. The van der Waals surface area contributed by atoms with Crippen LogP contribution in [0.1, 0.15) is 9.67 Å². The first-order chi connectivity index (χ1) is 9.75. The van der Waals surface area contributed by atoms with Crippen molar-refractivity contribution in [2.75, 3.05) is 0 Å². The first-order valence-electron chi connectivity index (χ1n) is 6.09. The van der Waals surface area contributed by atoms with Gasteiger partial charge in [-0.1, -0.05) is 36.4 Å². The van der Waals surface area contributed by atoms with Crippen LogP contribution < -0.4 is 0 Å². The van der Waals surface area contributed by atoms with Gasteiger partial charge in [0.15, 0.2) is 0 Å². The summed E-state index contributed by atoms with van der Waals surface area (Å²) in [5.41, 5.74) is 2.65. The minimum absolute atomic E-state index is 0.324. The molecular formula is C16H11NO2S. The molecular weight excluding hydrogens is 270 g/mol. The summed E-state index contributed by atoms with van der Waals surface area (Å²) in [7, 11) is 0. The standard InChI is InChI=1S/C16H11NO2S/c18-16(19)14-10-12(13-8-4-5-9-17-13)15(20-14)11-6-2-1-3-7-11/h1-10H,(H,18,19). The monoisotopic (exact) mass is 281 g/mol. The highest BCUT2D eigenvalue weighted by Gasteiger charge is 2.16. The summed E-state index contributed by atoms with van der Waals surface area (Å²) in [5, 5.41) is 9.21. The van der Waals surface area contributed by atoms with Gasteiger partial charge in [-0.2, -0.15) is 0 Å². The molecule has 0 saturated heterocycles. The number of carboxylic acid groups (broad SMARTS) is 1. The molecule has 0 amide bonds. The first kappa shape index (κ1) is 12.6. The zero-order chi connectivity index (χ0) is 13.9. The second-order valence-corrected chi connectivity index (χ2v) is 5.29. The predicted molar refractivity (Wildman–Crippen MR) is 79.9 cm³/mol. The van der Waals surface area contributed by atoms with Crippen LogP contribution in [0.5, 0.6) is 0 Å². The van der Waals surface area contributed by atoms with Crippen molar-refractivity contribution in [3.8, 4) is 21.7 Å². The molecule has 0 spiro atoms. The van der Waals surface area contributed by atoms with Gasteiger partial charge in [-0.15, -0.1) is 11.3 Å². The van der Waals surface area contributed by atoms with Crippen LogP contribution in [0.2, 0.25) is 0 Å². The van der Waals surface area contributed by atoms with Gasteiger partial charge < -0.3 is 5.11 Å². The second-order valence-electron chi connectivity index (χ2n) is 4.24. The molecule has 0 aliphatic carbocycles. The average Bonchev–Trinajstić information content (AvgIpc) is 2.94. The molecule has 0 fully saturated rings. The lowest BCUT2D eigenvalue weighted by Crippen LogP contribution is -1.90. The Bertz CT molecular complexity index is 679. The van der Waals surface area contributed by atoms with E-state index in [4.69, 9.17) is 0 Å². The van der Waals surface area contributed by atoms with E-state index in [1.54, 1.807) is 12.3 Å². The van der Waals surface area contributed by atoms with E-state index in [9.17, 15) is 9.90 Å². The van der Waals surface area contributed by atoms with E-state index in [1.807, 2.05) is 48.5 Å². The van der Waals surface area contributed by atoms with Crippen LogP contribution >= 0.6 is 11.3 Å². The van der Waals surface area contributed by atoms with Crippen molar-refractivity contribution in [3.05, 3.63) is 65.7 Å². The number of carboxylic acids is 1. The molecule has 1 N–H and O–H groups in total. The van der Waals surface area contributed by atoms with E-state index >= 15 is 0 Å². The summed E-state index contributed by atoms with van der Waals surface area (Å²) in [6.45, 7) is 0. The van der Waals surface area contributed by atoms with Crippen LogP contribution in [0, 0.1) is 0 Å². The van der Waals surface area contributed by atoms with E-state index in [-0.39, 0.29) is 0 Å². The molecule has 0 aliphatic heterocycles. The molecule has 0 radical (unpaired) electrons. The molecule has 98 valence electrons. The number of benzene rings is 1. The maximum Gasteiger partial charge on any atom is 0.345 e. The van der Waals surface area contributed by atoms with Crippen molar-refractivity contribution < 1.29 is 9.90 Å². The van der Waals surface area contributed by atoms with Gasteiger partial charge in [-0.05, 0) is 23.8 Å². The van der Waals surface area contributed by atoms with E-state index in [1.165, 1.54) is 11.3 Å². The van der Waals surface area contributed by atoms with E-state index < -0.39 is 5.97 Å². The Morgan fingerprint density at radius 2 is 1.80 bits per heavy atom. The van der Waals surface area contributed by atoms with Crippen LogP contribution in [0.3, 0.4) is 0 Å². The smallest absolute Gasteiger partial charge is 0.345 e. The van der Waals surface area contributed by atoms with Gasteiger partial charge in [0.05, 0.1) is 5.69 Å². The van der Waals surface area contributed by atoms with Gasteiger partial charge in [0.1, 0.15) is 4.88 Å². The van der Waals surface area contributed by atoms with Crippen molar-refractivity contribution >= 4 is 17.3 Å². The highest BCUT2D eigenvalue weighted by molar-refractivity contribution is 7.18. The van der Waals surface area contributed by atoms with E-state index in [2.05, 4.69) is 4.98 Å². The fourth-order valence-corrected chi connectivity index (χ4v) is 3.02. The maximum absolute atomic E-state index is 11.2. The van der Waals surface area contributed by atoms with Gasteiger partial charge in [-0.25, -0.2) is 4.79 Å². The number of pyridine rings is 1. The quantitative estimate of drug-likeness (QED) is 0.783. The van der Waals surface area contributed by atoms with Crippen molar-refractivity contribution in [1.29, 1.82) is 0 Å². The summed E-state index contributed by atoms with van der Waals surface area (Å²) in [6, 6.07) is 17.1. The van der Waals surface area contributed by atoms with Crippen molar-refractivity contribution in [3.63, 3.8) is 0 Å². The lowest BCUT2D eigenvalue weighted by atomic mass is 10.1. The number of aromatic nitrogens is 1. The number of hydrogen-bond acceptors (Lipinski definition) is 3. The molecule has 0 aliphatic rings. The lowest BCUT2D eigenvalue weighted by Gasteiger charge is -2.02. The number of rotatable bonds is 3. The Kier molecular flexibility index (Phi) is 3.31. The minimum atomic E-state index is -0.908. The second kappa shape index (κ2) is 5.27. The molecule has 3 nitrogen and oxygen atoms in total. The summed E-state index contributed by atoms with van der Waals surface area (Å²) >= 11 is 1.28. The molecule has 2 aromatic heterocycles. The van der Waals surface area contributed by atoms with Crippen LogP contribution in [0.25, 0.3) is 21.7 Å². The van der Waals surface area contributed by atoms with Crippen molar-refractivity contribution in [1.82, 2.24) is 4.98 Å². The van der Waals surface area contributed by atoms with E-state index in [0.29, 0.717) is 4.88 Å². The number of hydrogen-bond donors (Lipinski definition) is 1. The molecule has 20 heavy (non-hydrogen) atoms. The third-order valence-electron chi connectivity index (χ3n) is 2.92. The molecule has 0 saturated carbocycles. The van der Waals surface area contributed by atoms with Crippen LogP contribution in [0.4, 0.5) is 0 Å². The highest BCUT2D eigenvalue weighted by atomic mass is 32.1. The van der Waals surface area contributed by atoms with Crippen LogP contribution in [-0.4, -0.2) is 16.1 Å². The number of thiophene rings is 1. The topological polar surface area (TPSA) is 50.2 Å². The van der Waals surface area contributed by atoms with Gasteiger partial charge in [-0.3, -0.25) is 4.98 Å². The molecule has 3 rings (SSSR count). The van der Waals surface area contributed by atoms with Gasteiger partial charge in [0.25, 0.3) is 0 Å². The fourth-order valence-electron chi connectivity index (χ4n) is 2.01. The Labute approximate surface area is 120 Å².